The van der Waals surface area contributed by atoms with Gasteiger partial charge in [0.15, 0.2) is 0 Å². The number of fused-ring (bicyclic) bond motifs is 4. The smallest absolute Gasteiger partial charge is 0.225 e. The van der Waals surface area contributed by atoms with Gasteiger partial charge in [0.2, 0.25) is 11.6 Å². The van der Waals surface area contributed by atoms with Gasteiger partial charge in [0.25, 0.3) is 0 Å². The number of aliphatic hydroxyl groups excluding tert-OH is 8. The van der Waals surface area contributed by atoms with Crippen molar-refractivity contribution in [1.29, 1.82) is 0 Å². The van der Waals surface area contributed by atoms with Crippen LogP contribution in [0.25, 0.3) is 0 Å². The van der Waals surface area contributed by atoms with Gasteiger partial charge in [-0.1, -0.05) is 48.5 Å². The molecule has 0 spiro atoms. The largest absolute Gasteiger partial charge is 0.497 e. The Labute approximate surface area is 336 Å². The first-order valence-electron chi connectivity index (χ1n) is 19.1. The summed E-state index contributed by atoms with van der Waals surface area (Å²) < 4.78 is 33.9. The third kappa shape index (κ3) is 7.10. The minimum Gasteiger partial charge on any atom is -0.497 e. The molecule has 4 aliphatic heterocycles. The topological polar surface area (TPSA) is 217 Å². The quantitative estimate of drug-likeness (QED) is 0.113. The number of ether oxygens (including phenoxy) is 6. The van der Waals surface area contributed by atoms with Crippen molar-refractivity contribution in [2.24, 2.45) is 0 Å². The van der Waals surface area contributed by atoms with Crippen LogP contribution in [-0.2, 0) is 43.4 Å². The molecule has 4 saturated heterocycles. The van der Waals surface area contributed by atoms with Crippen LogP contribution in [0.5, 0.6) is 11.5 Å². The lowest BCUT2D eigenvalue weighted by Crippen LogP contribution is -2.65. The molecule has 312 valence electrons. The standard InChI is InChI=1S/2C22H26O7/c2*1-13-3-6-16(10-15(13)9-14-4-7-17(27-2)8-5-14)22-20(26)18(24)19(25)21(11-23,29-22)12-28-22/h2*3-8,10,18-20,23-26H,9,11-12H2,1-2H3/t18-,19-,20+,21-,22-;18-,19-,20-,21-,22-/m00/s1. The molecule has 4 aromatic rings. The van der Waals surface area contributed by atoms with Crippen LogP contribution in [0.1, 0.15) is 44.5 Å². The normalized spacial score (nSPS) is 33.7. The zero-order chi connectivity index (χ0) is 41.6. The average Bonchev–Trinajstić information content (AvgIpc) is 3.83. The van der Waals surface area contributed by atoms with Gasteiger partial charge in [-0.15, -0.1) is 0 Å². The highest BCUT2D eigenvalue weighted by Crippen LogP contribution is 2.51. The third-order valence-corrected chi connectivity index (χ3v) is 12.1. The van der Waals surface area contributed by atoms with Gasteiger partial charge in [0.1, 0.15) is 59.3 Å². The van der Waals surface area contributed by atoms with Crippen LogP contribution in [-0.4, -0.2) is 129 Å². The monoisotopic (exact) mass is 804 g/mol. The number of aryl methyl sites for hydroxylation is 2. The summed E-state index contributed by atoms with van der Waals surface area (Å²) >= 11 is 0. The molecule has 0 aliphatic carbocycles. The third-order valence-electron chi connectivity index (χ3n) is 12.1. The van der Waals surface area contributed by atoms with E-state index in [0.717, 1.165) is 44.9 Å². The molecule has 14 nitrogen and oxygen atoms in total. The van der Waals surface area contributed by atoms with Crippen molar-refractivity contribution in [3.63, 3.8) is 0 Å². The molecular weight excluding hydrogens is 752 g/mol. The van der Waals surface area contributed by atoms with Gasteiger partial charge < -0.3 is 69.3 Å². The number of hydrogen-bond donors (Lipinski definition) is 8. The van der Waals surface area contributed by atoms with Gasteiger partial charge in [-0.3, -0.25) is 0 Å². The maximum atomic E-state index is 10.7. The Morgan fingerprint density at radius 2 is 0.897 bits per heavy atom. The van der Waals surface area contributed by atoms with Gasteiger partial charge >= 0.3 is 0 Å². The molecule has 58 heavy (non-hydrogen) atoms. The molecule has 4 fully saturated rings. The number of benzene rings is 4. The fourth-order valence-corrected chi connectivity index (χ4v) is 8.23. The van der Waals surface area contributed by atoms with Crippen molar-refractivity contribution < 1.29 is 69.3 Å². The molecule has 10 atom stereocenters. The van der Waals surface area contributed by atoms with E-state index in [1.54, 1.807) is 26.4 Å². The summed E-state index contributed by atoms with van der Waals surface area (Å²) in [6, 6.07) is 26.6. The van der Waals surface area contributed by atoms with Crippen LogP contribution < -0.4 is 9.47 Å². The highest BCUT2D eigenvalue weighted by atomic mass is 16.8. The lowest BCUT2D eigenvalue weighted by molar-refractivity contribution is -0.329. The van der Waals surface area contributed by atoms with Crippen LogP contribution in [0.2, 0.25) is 0 Å². The summed E-state index contributed by atoms with van der Waals surface area (Å²) in [6.07, 6.45) is -7.65. The molecule has 0 radical (unpaired) electrons. The minimum atomic E-state index is -1.65. The number of methoxy groups -OCH3 is 2. The Balaban J connectivity index is 0.000000177. The first-order chi connectivity index (χ1) is 27.7. The van der Waals surface area contributed by atoms with E-state index in [1.807, 2.05) is 86.6 Å². The van der Waals surface area contributed by atoms with Crippen LogP contribution in [0.4, 0.5) is 0 Å². The molecule has 4 bridgehead atoms. The Morgan fingerprint density at radius 3 is 1.22 bits per heavy atom. The average molecular weight is 805 g/mol. The van der Waals surface area contributed by atoms with E-state index in [0.29, 0.717) is 24.0 Å². The van der Waals surface area contributed by atoms with Gasteiger partial charge in [-0.05, 0) is 96.5 Å². The van der Waals surface area contributed by atoms with E-state index in [9.17, 15) is 40.9 Å². The SMILES string of the molecule is COc1ccc(Cc2cc([C@]34OC[C@](CO)(O3)[C@@H](O)[C@H](O)[C@@H]4O)ccc2C)cc1.COc1ccc(Cc2cc([C@]34OC[C@](CO)(O3)[C@@H](O)[C@H](O)[C@H]4O)ccc2C)cc1. The number of rotatable bonds is 10. The molecule has 4 aliphatic rings. The molecule has 0 amide bonds. The Hall–Kier alpha value is -4.00. The highest BCUT2D eigenvalue weighted by molar-refractivity contribution is 5.41. The van der Waals surface area contributed by atoms with Gasteiger partial charge in [-0.25, -0.2) is 0 Å². The molecule has 0 aromatic heterocycles. The van der Waals surface area contributed by atoms with Crippen molar-refractivity contribution in [3.8, 4) is 11.5 Å². The number of aliphatic hydroxyl groups is 8. The van der Waals surface area contributed by atoms with Crippen LogP contribution >= 0.6 is 0 Å². The highest BCUT2D eigenvalue weighted by Gasteiger charge is 2.68. The van der Waals surface area contributed by atoms with E-state index >= 15 is 0 Å². The van der Waals surface area contributed by atoms with E-state index in [2.05, 4.69) is 0 Å². The van der Waals surface area contributed by atoms with E-state index in [1.165, 1.54) is 0 Å². The van der Waals surface area contributed by atoms with E-state index in [-0.39, 0.29) is 13.2 Å². The Bertz CT molecular complexity index is 1910. The second kappa shape index (κ2) is 16.2. The van der Waals surface area contributed by atoms with Crippen molar-refractivity contribution in [1.82, 2.24) is 0 Å². The summed E-state index contributed by atoms with van der Waals surface area (Å²) in [7, 11) is 3.24. The fraction of sp³-hybridized carbons (Fsp3) is 0.455. The summed E-state index contributed by atoms with van der Waals surface area (Å²) in [5, 5.41) is 82.3. The Kier molecular flexibility index (Phi) is 11.8. The van der Waals surface area contributed by atoms with E-state index < -0.39 is 72.6 Å². The lowest BCUT2D eigenvalue weighted by atomic mass is 9.83. The molecule has 4 heterocycles. The van der Waals surface area contributed by atoms with Crippen LogP contribution in [0, 0.1) is 13.8 Å². The molecule has 8 rings (SSSR count). The molecule has 8 N–H and O–H groups in total. The number of hydrogen-bond acceptors (Lipinski definition) is 14. The second-order valence-corrected chi connectivity index (χ2v) is 15.7. The lowest BCUT2D eigenvalue weighted by Gasteiger charge is -2.46. The summed E-state index contributed by atoms with van der Waals surface area (Å²) in [4.78, 5) is 0. The maximum absolute atomic E-state index is 10.7. The molecule has 14 heteroatoms. The van der Waals surface area contributed by atoms with Gasteiger partial charge in [0, 0.05) is 11.1 Å². The summed E-state index contributed by atoms with van der Waals surface area (Å²) in [5.41, 5.74) is 4.39. The van der Waals surface area contributed by atoms with Gasteiger partial charge in [0.05, 0.1) is 40.6 Å². The molecule has 4 aromatic carbocycles. The zero-order valence-electron chi connectivity index (χ0n) is 32.8. The Morgan fingerprint density at radius 1 is 0.534 bits per heavy atom. The first kappa shape index (κ1) is 42.1. The zero-order valence-corrected chi connectivity index (χ0v) is 32.8. The van der Waals surface area contributed by atoms with Gasteiger partial charge in [-0.2, -0.15) is 0 Å². The van der Waals surface area contributed by atoms with Crippen molar-refractivity contribution in [3.05, 3.63) is 129 Å². The van der Waals surface area contributed by atoms with Crippen molar-refractivity contribution >= 4 is 0 Å². The second-order valence-electron chi connectivity index (χ2n) is 15.7. The molecule has 0 unspecified atom stereocenters. The first-order valence-corrected chi connectivity index (χ1v) is 19.1. The van der Waals surface area contributed by atoms with Crippen LogP contribution in [0.15, 0.2) is 84.9 Å². The predicted octanol–water partition coefficient (Wildman–Crippen LogP) is 1.24. The predicted molar refractivity (Wildman–Crippen MR) is 207 cm³/mol. The van der Waals surface area contributed by atoms with E-state index in [4.69, 9.17) is 28.4 Å². The van der Waals surface area contributed by atoms with Crippen molar-refractivity contribution in [2.45, 2.75) is 86.1 Å². The summed E-state index contributed by atoms with van der Waals surface area (Å²) in [6.45, 7) is 2.63. The minimum absolute atomic E-state index is 0.138. The maximum Gasteiger partial charge on any atom is 0.225 e. The van der Waals surface area contributed by atoms with Crippen molar-refractivity contribution in [2.75, 3.05) is 40.6 Å². The summed E-state index contributed by atoms with van der Waals surface area (Å²) in [5.74, 6) is -1.74. The molecular formula is C44H52O14. The van der Waals surface area contributed by atoms with Crippen LogP contribution in [0.3, 0.4) is 0 Å². The molecule has 0 saturated carbocycles. The fourth-order valence-electron chi connectivity index (χ4n) is 8.23.